The van der Waals surface area contributed by atoms with Crippen LogP contribution in [0.5, 0.6) is 0 Å². The van der Waals surface area contributed by atoms with Crippen LogP contribution in [0.3, 0.4) is 0 Å². The number of alkyl halides is 1. The van der Waals surface area contributed by atoms with Crippen LogP contribution in [0.2, 0.25) is 0 Å². The molecular formula is C11H14BrNO2. The lowest BCUT2D eigenvalue weighted by atomic mass is 10.1. The van der Waals surface area contributed by atoms with Gasteiger partial charge in [-0.2, -0.15) is 0 Å². The first-order valence-electron chi connectivity index (χ1n) is 5.19. The summed E-state index contributed by atoms with van der Waals surface area (Å²) in [6, 6.07) is 3.46. The summed E-state index contributed by atoms with van der Waals surface area (Å²) in [5.41, 5.74) is 0. The molecule has 2 unspecified atom stereocenters. The maximum absolute atomic E-state index is 11.9. The van der Waals surface area contributed by atoms with Crippen molar-refractivity contribution in [3.05, 3.63) is 24.2 Å². The van der Waals surface area contributed by atoms with Crippen molar-refractivity contribution in [3.8, 4) is 0 Å². The van der Waals surface area contributed by atoms with Gasteiger partial charge in [-0.15, -0.1) is 0 Å². The molecule has 0 N–H and O–H groups in total. The number of furan rings is 1. The number of carbonyl (C=O) groups excluding carboxylic acids is 1. The van der Waals surface area contributed by atoms with Gasteiger partial charge < -0.3 is 9.32 Å². The lowest BCUT2D eigenvalue weighted by molar-refractivity contribution is 0.0755. The molecule has 2 heterocycles. The molecule has 4 heteroatoms. The Morgan fingerprint density at radius 3 is 3.00 bits per heavy atom. The van der Waals surface area contributed by atoms with E-state index in [2.05, 4.69) is 22.9 Å². The summed E-state index contributed by atoms with van der Waals surface area (Å²) in [7, 11) is 0. The monoisotopic (exact) mass is 271 g/mol. The Bertz CT molecular complexity index is 336. The minimum atomic E-state index is 0.000370. The van der Waals surface area contributed by atoms with Crippen molar-refractivity contribution in [2.24, 2.45) is 5.92 Å². The zero-order valence-electron chi connectivity index (χ0n) is 8.65. The van der Waals surface area contributed by atoms with Crippen LogP contribution in [0.1, 0.15) is 23.9 Å². The first-order chi connectivity index (χ1) is 7.22. The van der Waals surface area contributed by atoms with Crippen molar-refractivity contribution in [2.45, 2.75) is 18.2 Å². The van der Waals surface area contributed by atoms with Crippen LogP contribution in [0.4, 0.5) is 0 Å². The Hall–Kier alpha value is -0.770. The average Bonchev–Trinajstić information content (AvgIpc) is 2.85. The average molecular weight is 272 g/mol. The zero-order chi connectivity index (χ0) is 10.8. The quantitative estimate of drug-likeness (QED) is 0.775. The van der Waals surface area contributed by atoms with Crippen molar-refractivity contribution in [1.82, 2.24) is 4.90 Å². The second-order valence-electron chi connectivity index (χ2n) is 3.87. The van der Waals surface area contributed by atoms with Crippen LogP contribution in [-0.4, -0.2) is 28.7 Å². The van der Waals surface area contributed by atoms with Crippen LogP contribution in [0.25, 0.3) is 0 Å². The van der Waals surface area contributed by atoms with E-state index >= 15 is 0 Å². The predicted octanol–water partition coefficient (Wildman–Crippen LogP) is 2.53. The summed E-state index contributed by atoms with van der Waals surface area (Å²) >= 11 is 3.61. The molecule has 3 nitrogen and oxygen atoms in total. The highest BCUT2D eigenvalue weighted by atomic mass is 79.9. The number of halogens is 1. The Balaban J connectivity index is 2.05. The van der Waals surface area contributed by atoms with E-state index < -0.39 is 0 Å². The number of nitrogens with zero attached hydrogens (tertiary/aromatic N) is 1. The van der Waals surface area contributed by atoms with Gasteiger partial charge in [0.2, 0.25) is 0 Å². The largest absolute Gasteiger partial charge is 0.459 e. The fraction of sp³-hybridized carbons (Fsp3) is 0.545. The molecule has 1 fully saturated rings. The van der Waals surface area contributed by atoms with Gasteiger partial charge in [0.15, 0.2) is 5.76 Å². The molecule has 2 atom stereocenters. The molecule has 1 amide bonds. The highest BCUT2D eigenvalue weighted by Gasteiger charge is 2.33. The summed E-state index contributed by atoms with van der Waals surface area (Å²) in [5.74, 6) is 0.996. The molecule has 0 aliphatic carbocycles. The van der Waals surface area contributed by atoms with Gasteiger partial charge in [0.05, 0.1) is 6.26 Å². The van der Waals surface area contributed by atoms with E-state index in [1.165, 1.54) is 6.26 Å². The molecule has 82 valence electrons. The summed E-state index contributed by atoms with van der Waals surface area (Å²) < 4.78 is 5.11. The molecule has 0 saturated carbocycles. The Morgan fingerprint density at radius 1 is 1.67 bits per heavy atom. The summed E-state index contributed by atoms with van der Waals surface area (Å²) in [5, 5.41) is 0. The predicted molar refractivity (Wildman–Crippen MR) is 61.1 cm³/mol. The van der Waals surface area contributed by atoms with E-state index in [4.69, 9.17) is 4.42 Å². The number of rotatable bonds is 2. The van der Waals surface area contributed by atoms with Crippen LogP contribution in [0.15, 0.2) is 22.8 Å². The van der Waals surface area contributed by atoms with Crippen molar-refractivity contribution < 1.29 is 9.21 Å². The molecule has 0 aromatic carbocycles. The lowest BCUT2D eigenvalue weighted by Crippen LogP contribution is -2.28. The van der Waals surface area contributed by atoms with E-state index in [-0.39, 0.29) is 5.91 Å². The molecule has 2 rings (SSSR count). The SMILES string of the molecule is CCC1CN(C(=O)c2ccco2)CC1Br. The van der Waals surface area contributed by atoms with Gasteiger partial charge >= 0.3 is 0 Å². The molecule has 0 radical (unpaired) electrons. The first-order valence-corrected chi connectivity index (χ1v) is 6.10. The standard InChI is InChI=1S/C11H14BrNO2/c1-2-8-6-13(7-9(8)12)11(14)10-4-3-5-15-10/h3-5,8-9H,2,6-7H2,1H3. The van der Waals surface area contributed by atoms with Crippen LogP contribution in [-0.2, 0) is 0 Å². The Labute approximate surface area is 97.6 Å². The van der Waals surface area contributed by atoms with Gasteiger partial charge in [-0.1, -0.05) is 29.3 Å². The molecule has 15 heavy (non-hydrogen) atoms. The lowest BCUT2D eigenvalue weighted by Gasteiger charge is -2.13. The molecular weight excluding hydrogens is 258 g/mol. The van der Waals surface area contributed by atoms with Gasteiger partial charge in [0.1, 0.15) is 0 Å². The fourth-order valence-corrected chi connectivity index (χ4v) is 2.83. The third-order valence-corrected chi connectivity index (χ3v) is 3.94. The molecule has 1 saturated heterocycles. The summed E-state index contributed by atoms with van der Waals surface area (Å²) in [4.78, 5) is 14.2. The van der Waals surface area contributed by atoms with Crippen LogP contribution >= 0.6 is 15.9 Å². The van der Waals surface area contributed by atoms with Gasteiger partial charge in [-0.25, -0.2) is 0 Å². The van der Waals surface area contributed by atoms with Crippen molar-refractivity contribution in [1.29, 1.82) is 0 Å². The van der Waals surface area contributed by atoms with Gasteiger partial charge in [-0.3, -0.25) is 4.79 Å². The third kappa shape index (κ3) is 2.09. The maximum Gasteiger partial charge on any atom is 0.289 e. The third-order valence-electron chi connectivity index (χ3n) is 2.90. The summed E-state index contributed by atoms with van der Waals surface area (Å²) in [6.45, 7) is 3.75. The fourth-order valence-electron chi connectivity index (χ4n) is 1.94. The van der Waals surface area contributed by atoms with Crippen molar-refractivity contribution in [3.63, 3.8) is 0 Å². The second-order valence-corrected chi connectivity index (χ2v) is 5.05. The van der Waals surface area contributed by atoms with Crippen LogP contribution in [0, 0.1) is 5.92 Å². The van der Waals surface area contributed by atoms with Gasteiger partial charge in [-0.05, 0) is 18.1 Å². The highest BCUT2D eigenvalue weighted by Crippen LogP contribution is 2.27. The van der Waals surface area contributed by atoms with E-state index in [0.717, 1.165) is 19.5 Å². The second kappa shape index (κ2) is 4.39. The number of hydrogen-bond donors (Lipinski definition) is 0. The van der Waals surface area contributed by atoms with Crippen LogP contribution < -0.4 is 0 Å². The minimum Gasteiger partial charge on any atom is -0.459 e. The number of hydrogen-bond acceptors (Lipinski definition) is 2. The number of likely N-dealkylation sites (tertiary alicyclic amines) is 1. The zero-order valence-corrected chi connectivity index (χ0v) is 10.2. The molecule has 1 aliphatic rings. The molecule has 0 spiro atoms. The normalized spacial score (nSPS) is 25.9. The Morgan fingerprint density at radius 2 is 2.47 bits per heavy atom. The minimum absolute atomic E-state index is 0.000370. The topological polar surface area (TPSA) is 33.5 Å². The maximum atomic E-state index is 11.9. The van der Waals surface area contributed by atoms with Crippen molar-refractivity contribution >= 4 is 21.8 Å². The first kappa shape index (κ1) is 10.7. The number of amides is 1. The van der Waals surface area contributed by atoms with E-state index in [0.29, 0.717) is 16.5 Å². The molecule has 1 aromatic rings. The van der Waals surface area contributed by atoms with Crippen molar-refractivity contribution in [2.75, 3.05) is 13.1 Å². The number of carbonyl (C=O) groups is 1. The van der Waals surface area contributed by atoms with E-state index in [9.17, 15) is 4.79 Å². The van der Waals surface area contributed by atoms with E-state index in [1.807, 2.05) is 4.90 Å². The van der Waals surface area contributed by atoms with E-state index in [1.54, 1.807) is 12.1 Å². The smallest absolute Gasteiger partial charge is 0.289 e. The molecule has 1 aromatic heterocycles. The molecule has 1 aliphatic heterocycles. The molecule has 0 bridgehead atoms. The highest BCUT2D eigenvalue weighted by molar-refractivity contribution is 9.09. The Kier molecular flexibility index (Phi) is 3.14. The summed E-state index contributed by atoms with van der Waals surface area (Å²) in [6.07, 6.45) is 2.63. The van der Waals surface area contributed by atoms with Gasteiger partial charge in [0, 0.05) is 17.9 Å². The van der Waals surface area contributed by atoms with Gasteiger partial charge in [0.25, 0.3) is 5.91 Å².